The monoisotopic (exact) mass is 442 g/mol. The summed E-state index contributed by atoms with van der Waals surface area (Å²) >= 11 is 2.45. The van der Waals surface area contributed by atoms with Crippen LogP contribution in [0.25, 0.3) is 0 Å². The summed E-state index contributed by atoms with van der Waals surface area (Å²) in [6.07, 6.45) is 0. The second kappa shape index (κ2) is 8.92. The van der Waals surface area contributed by atoms with E-state index in [0.29, 0.717) is 16.3 Å². The Morgan fingerprint density at radius 1 is 1.37 bits per heavy atom. The van der Waals surface area contributed by atoms with E-state index in [2.05, 4.69) is 16.7 Å². The molecule has 1 aromatic heterocycles. The van der Waals surface area contributed by atoms with Crippen LogP contribution < -0.4 is 16.4 Å². The van der Waals surface area contributed by atoms with E-state index in [-0.39, 0.29) is 5.75 Å². The van der Waals surface area contributed by atoms with Gasteiger partial charge >= 0.3 is 0 Å². The van der Waals surface area contributed by atoms with Crippen LogP contribution in [0.4, 0.5) is 5.69 Å². The van der Waals surface area contributed by atoms with Gasteiger partial charge in [0.2, 0.25) is 11.8 Å². The Kier molecular flexibility index (Phi) is 6.51. The van der Waals surface area contributed by atoms with Crippen LogP contribution in [0, 0.1) is 24.2 Å². The molecule has 1 aliphatic rings. The largest absolute Gasteiger partial charge is 0.370 e. The highest BCUT2D eigenvalue weighted by Crippen LogP contribution is 2.46. The Labute approximate surface area is 183 Å². The molecule has 0 radical (unpaired) electrons. The summed E-state index contributed by atoms with van der Waals surface area (Å²) in [4.78, 5) is 25.4. The number of allylic oxidation sites excluding steroid dienone is 1. The van der Waals surface area contributed by atoms with E-state index in [0.717, 1.165) is 22.2 Å². The van der Waals surface area contributed by atoms with Gasteiger partial charge in [-0.2, -0.15) is 5.26 Å². The molecule has 9 heteroatoms. The highest BCUT2D eigenvalue weighted by atomic mass is 32.2. The molecule has 1 aromatic carbocycles. The number of benzene rings is 1. The van der Waals surface area contributed by atoms with Gasteiger partial charge in [0, 0.05) is 16.5 Å². The number of hydrogen-bond acceptors (Lipinski definition) is 7. The lowest BCUT2D eigenvalue weighted by atomic mass is 9.76. The van der Waals surface area contributed by atoms with Gasteiger partial charge in [-0.25, -0.2) is 0 Å². The van der Waals surface area contributed by atoms with Crippen LogP contribution in [-0.4, -0.2) is 28.4 Å². The minimum atomic E-state index is -1.66. The fourth-order valence-corrected chi connectivity index (χ4v) is 5.26. The minimum Gasteiger partial charge on any atom is -0.370 e. The summed E-state index contributed by atoms with van der Waals surface area (Å²) in [6, 6.07) is 13.2. The van der Waals surface area contributed by atoms with Crippen molar-refractivity contribution < 1.29 is 14.7 Å². The first-order valence-electron chi connectivity index (χ1n) is 9.20. The number of thiophene rings is 1. The number of rotatable bonds is 6. The lowest BCUT2D eigenvalue weighted by molar-refractivity contribution is -0.131. The van der Waals surface area contributed by atoms with Crippen LogP contribution in [0.5, 0.6) is 0 Å². The molecule has 0 unspecified atom stereocenters. The van der Waals surface area contributed by atoms with Gasteiger partial charge in [0.25, 0.3) is 0 Å². The molecule has 2 amide bonds. The lowest BCUT2D eigenvalue weighted by Crippen LogP contribution is -2.57. The van der Waals surface area contributed by atoms with Crippen molar-refractivity contribution in [1.29, 1.82) is 5.26 Å². The van der Waals surface area contributed by atoms with Crippen molar-refractivity contribution >= 4 is 40.6 Å². The van der Waals surface area contributed by atoms with E-state index in [4.69, 9.17) is 5.73 Å². The average Bonchev–Trinajstić information content (AvgIpc) is 3.21. The number of primary amides is 1. The Morgan fingerprint density at radius 3 is 2.70 bits per heavy atom. The molecular formula is C21H22N4O3S2. The van der Waals surface area contributed by atoms with E-state index in [1.54, 1.807) is 6.07 Å². The number of aliphatic hydroxyl groups is 1. The summed E-state index contributed by atoms with van der Waals surface area (Å²) < 4.78 is 0. The SMILES string of the molecule is Cc1ccccc1NC(=O)[C@@H]1[C@@H](c2cccs2)C(C#N)=C(SCC(N)=O)N[C@@]1(C)O. The number of nitrogens with two attached hydrogens (primary N) is 1. The zero-order chi connectivity index (χ0) is 21.9. The van der Waals surface area contributed by atoms with Gasteiger partial charge in [0.05, 0.1) is 28.3 Å². The van der Waals surface area contributed by atoms with Crippen LogP contribution in [0.1, 0.15) is 23.3 Å². The van der Waals surface area contributed by atoms with E-state index >= 15 is 0 Å². The molecule has 30 heavy (non-hydrogen) atoms. The summed E-state index contributed by atoms with van der Waals surface area (Å²) in [5.74, 6) is -2.67. The van der Waals surface area contributed by atoms with Crippen molar-refractivity contribution in [2.45, 2.75) is 25.5 Å². The summed E-state index contributed by atoms with van der Waals surface area (Å²) in [5.41, 5.74) is 5.40. The zero-order valence-corrected chi connectivity index (χ0v) is 18.1. The maximum atomic E-state index is 13.4. The van der Waals surface area contributed by atoms with Crippen LogP contribution >= 0.6 is 23.1 Å². The predicted molar refractivity (Wildman–Crippen MR) is 118 cm³/mol. The molecule has 3 rings (SSSR count). The molecular weight excluding hydrogens is 420 g/mol. The number of nitrogens with zero attached hydrogens (tertiary/aromatic N) is 1. The first-order valence-corrected chi connectivity index (χ1v) is 11.1. The normalized spacial score (nSPS) is 23.4. The van der Waals surface area contributed by atoms with E-state index in [1.807, 2.05) is 42.6 Å². The van der Waals surface area contributed by atoms with Gasteiger partial charge in [-0.05, 0) is 36.9 Å². The van der Waals surface area contributed by atoms with Crippen LogP contribution in [0.2, 0.25) is 0 Å². The third kappa shape index (κ3) is 4.51. The molecule has 0 fully saturated rings. The molecule has 2 aromatic rings. The maximum Gasteiger partial charge on any atom is 0.233 e. The number of para-hydroxylation sites is 1. The number of amides is 2. The van der Waals surface area contributed by atoms with Crippen molar-refractivity contribution in [3.63, 3.8) is 0 Å². The molecule has 0 saturated carbocycles. The van der Waals surface area contributed by atoms with Gasteiger partial charge < -0.3 is 21.5 Å². The average molecular weight is 443 g/mol. The van der Waals surface area contributed by atoms with Crippen molar-refractivity contribution in [3.05, 3.63) is 62.8 Å². The molecule has 5 N–H and O–H groups in total. The van der Waals surface area contributed by atoms with Gasteiger partial charge in [0.15, 0.2) is 0 Å². The third-order valence-corrected chi connectivity index (χ3v) is 6.87. The first kappa shape index (κ1) is 21.9. The maximum absolute atomic E-state index is 13.4. The molecule has 2 heterocycles. The summed E-state index contributed by atoms with van der Waals surface area (Å²) in [6.45, 7) is 3.37. The van der Waals surface area contributed by atoms with E-state index in [1.165, 1.54) is 18.3 Å². The van der Waals surface area contributed by atoms with Gasteiger partial charge in [-0.15, -0.1) is 11.3 Å². The van der Waals surface area contributed by atoms with Gasteiger partial charge in [-0.1, -0.05) is 36.0 Å². The van der Waals surface area contributed by atoms with Crippen molar-refractivity contribution in [3.8, 4) is 6.07 Å². The molecule has 0 saturated heterocycles. The van der Waals surface area contributed by atoms with Crippen molar-refractivity contribution in [2.75, 3.05) is 11.1 Å². The molecule has 0 spiro atoms. The molecule has 0 aliphatic carbocycles. The molecule has 3 atom stereocenters. The number of nitriles is 1. The van der Waals surface area contributed by atoms with Crippen LogP contribution in [-0.2, 0) is 9.59 Å². The number of aryl methyl sites for hydroxylation is 1. The Balaban J connectivity index is 2.06. The smallest absolute Gasteiger partial charge is 0.233 e. The standard InChI is InChI=1S/C21H22N4O3S2/c1-12-6-3-4-7-14(12)24-19(27)18-17(15-8-5-9-29-15)13(10-22)20(25-21(18,2)28)30-11-16(23)26/h3-9,17-18,25,28H,11H2,1-2H3,(H2,23,26)(H,24,27)/t17-,18+,21+/m1/s1. The molecule has 0 bridgehead atoms. The van der Waals surface area contributed by atoms with E-state index < -0.39 is 29.4 Å². The molecule has 7 nitrogen and oxygen atoms in total. The second-order valence-corrected chi connectivity index (χ2v) is 9.12. The topological polar surface area (TPSA) is 128 Å². The Morgan fingerprint density at radius 2 is 2.10 bits per heavy atom. The van der Waals surface area contributed by atoms with Crippen molar-refractivity contribution in [2.24, 2.45) is 11.7 Å². The first-order chi connectivity index (χ1) is 14.2. The number of carbonyl (C=O) groups is 2. The highest BCUT2D eigenvalue weighted by Gasteiger charge is 2.50. The van der Waals surface area contributed by atoms with Crippen molar-refractivity contribution in [1.82, 2.24) is 5.32 Å². The van der Waals surface area contributed by atoms with Gasteiger partial charge in [-0.3, -0.25) is 9.59 Å². The quantitative estimate of drug-likeness (QED) is 0.544. The minimum absolute atomic E-state index is 0.0547. The fourth-order valence-electron chi connectivity index (χ4n) is 3.49. The number of hydrogen-bond donors (Lipinski definition) is 4. The Hall–Kier alpha value is -2.80. The zero-order valence-electron chi connectivity index (χ0n) is 16.5. The summed E-state index contributed by atoms with van der Waals surface area (Å²) in [5, 5.41) is 29.1. The highest BCUT2D eigenvalue weighted by molar-refractivity contribution is 8.03. The molecule has 156 valence electrons. The van der Waals surface area contributed by atoms with Crippen LogP contribution in [0.15, 0.2) is 52.4 Å². The van der Waals surface area contributed by atoms with Crippen LogP contribution in [0.3, 0.4) is 0 Å². The predicted octanol–water partition coefficient (Wildman–Crippen LogP) is 2.66. The lowest BCUT2D eigenvalue weighted by Gasteiger charge is -2.43. The Bertz CT molecular complexity index is 1030. The summed E-state index contributed by atoms with van der Waals surface area (Å²) in [7, 11) is 0. The van der Waals surface area contributed by atoms with Gasteiger partial charge in [0.1, 0.15) is 5.72 Å². The fraction of sp³-hybridized carbons (Fsp3) is 0.286. The number of thioether (sulfide) groups is 1. The number of carbonyl (C=O) groups excluding carboxylic acids is 2. The third-order valence-electron chi connectivity index (χ3n) is 4.88. The van der Waals surface area contributed by atoms with E-state index in [9.17, 15) is 20.0 Å². The number of nitrogens with one attached hydrogen (secondary N) is 2. The second-order valence-electron chi connectivity index (χ2n) is 7.16. The molecule has 1 aliphatic heterocycles. The number of anilines is 1.